The van der Waals surface area contributed by atoms with E-state index in [0.29, 0.717) is 6.61 Å². The van der Waals surface area contributed by atoms with Gasteiger partial charge in [0, 0.05) is 44.6 Å². The van der Waals surface area contributed by atoms with Gasteiger partial charge in [-0.05, 0) is 0 Å². The van der Waals surface area contributed by atoms with Crippen LogP contribution in [0.15, 0.2) is 30.7 Å². The maximum absolute atomic E-state index is 5.97. The lowest BCUT2D eigenvalue weighted by molar-refractivity contribution is -0.180. The van der Waals surface area contributed by atoms with Crippen molar-refractivity contribution in [2.45, 2.75) is 32.7 Å². The molecule has 3 rings (SSSR count). The van der Waals surface area contributed by atoms with Gasteiger partial charge < -0.3 is 14.0 Å². The molecule has 0 N–H and O–H groups in total. The lowest BCUT2D eigenvalue weighted by atomic mass is 10.0. The molecule has 4 nitrogen and oxygen atoms in total. The van der Waals surface area contributed by atoms with Crippen LogP contribution in [0, 0.1) is 0 Å². The van der Waals surface area contributed by atoms with E-state index >= 15 is 0 Å². The van der Waals surface area contributed by atoms with Gasteiger partial charge in [-0.15, -0.1) is 0 Å². The van der Waals surface area contributed by atoms with E-state index in [9.17, 15) is 0 Å². The molecule has 0 unspecified atom stereocenters. The van der Waals surface area contributed by atoms with E-state index in [1.807, 2.05) is 50.1 Å². The first-order valence-corrected chi connectivity index (χ1v) is 6.44. The zero-order valence-corrected chi connectivity index (χ0v) is 11.5. The molecule has 0 aliphatic carbocycles. The third-order valence-corrected chi connectivity index (χ3v) is 3.23. The standard InChI is InChI=1S/C15H18N2O2/c1-15(2)18-9-12-6-4-5-11(14(12)19-15)7-13-8-17(3)10-16-13/h4-6,8,10H,7,9H2,1-3H3. The van der Waals surface area contributed by atoms with Crippen LogP contribution in [0.3, 0.4) is 0 Å². The van der Waals surface area contributed by atoms with Gasteiger partial charge in [0.05, 0.1) is 18.6 Å². The number of imidazole rings is 1. The third-order valence-electron chi connectivity index (χ3n) is 3.23. The molecule has 0 atom stereocenters. The van der Waals surface area contributed by atoms with Gasteiger partial charge in [-0.1, -0.05) is 18.2 Å². The number of para-hydroxylation sites is 1. The maximum Gasteiger partial charge on any atom is 0.205 e. The van der Waals surface area contributed by atoms with E-state index in [1.54, 1.807) is 0 Å². The van der Waals surface area contributed by atoms with Crippen molar-refractivity contribution in [3.05, 3.63) is 47.5 Å². The van der Waals surface area contributed by atoms with Crippen molar-refractivity contribution < 1.29 is 9.47 Å². The number of rotatable bonds is 2. The number of aromatic nitrogens is 2. The molecule has 2 aromatic rings. The van der Waals surface area contributed by atoms with Gasteiger partial charge in [0.15, 0.2) is 0 Å². The van der Waals surface area contributed by atoms with E-state index < -0.39 is 5.79 Å². The summed E-state index contributed by atoms with van der Waals surface area (Å²) in [4.78, 5) is 4.37. The molecule has 0 saturated carbocycles. The minimum atomic E-state index is -0.562. The van der Waals surface area contributed by atoms with Crippen molar-refractivity contribution in [1.82, 2.24) is 9.55 Å². The Morgan fingerprint density at radius 2 is 2.21 bits per heavy atom. The van der Waals surface area contributed by atoms with Crippen molar-refractivity contribution in [2.24, 2.45) is 7.05 Å². The van der Waals surface area contributed by atoms with Crippen molar-refractivity contribution in [1.29, 1.82) is 0 Å². The molecule has 0 fully saturated rings. The molecule has 19 heavy (non-hydrogen) atoms. The SMILES string of the molecule is Cn1cnc(Cc2cccc3c2OC(C)(C)OC3)c1. The number of hydrogen-bond acceptors (Lipinski definition) is 3. The molecule has 1 aliphatic heterocycles. The fraction of sp³-hybridized carbons (Fsp3) is 0.400. The monoisotopic (exact) mass is 258 g/mol. The molecular weight excluding hydrogens is 240 g/mol. The van der Waals surface area contributed by atoms with Gasteiger partial charge in [0.25, 0.3) is 0 Å². The van der Waals surface area contributed by atoms with Crippen LogP contribution in [0.2, 0.25) is 0 Å². The number of nitrogens with zero attached hydrogens (tertiary/aromatic N) is 2. The molecule has 0 radical (unpaired) electrons. The number of fused-ring (bicyclic) bond motifs is 1. The molecular formula is C15H18N2O2. The van der Waals surface area contributed by atoms with Gasteiger partial charge in [-0.3, -0.25) is 0 Å². The van der Waals surface area contributed by atoms with E-state index in [4.69, 9.17) is 9.47 Å². The lowest BCUT2D eigenvalue weighted by Gasteiger charge is -2.33. The second-order valence-electron chi connectivity index (χ2n) is 5.40. The second kappa shape index (κ2) is 4.38. The van der Waals surface area contributed by atoms with E-state index in [-0.39, 0.29) is 0 Å². The Labute approximate surface area is 113 Å². The Morgan fingerprint density at radius 3 is 2.95 bits per heavy atom. The topological polar surface area (TPSA) is 36.3 Å². The van der Waals surface area contributed by atoms with Crippen molar-refractivity contribution >= 4 is 0 Å². The van der Waals surface area contributed by atoms with Gasteiger partial charge in [0.1, 0.15) is 5.75 Å². The summed E-state index contributed by atoms with van der Waals surface area (Å²) in [6, 6.07) is 6.18. The smallest absolute Gasteiger partial charge is 0.205 e. The zero-order chi connectivity index (χ0) is 13.5. The van der Waals surface area contributed by atoms with Gasteiger partial charge in [-0.25, -0.2) is 4.98 Å². The first-order chi connectivity index (χ1) is 9.03. The Kier molecular flexibility index (Phi) is 2.82. The number of hydrogen-bond donors (Lipinski definition) is 0. The number of ether oxygens (including phenoxy) is 2. The van der Waals surface area contributed by atoms with Gasteiger partial charge in [-0.2, -0.15) is 0 Å². The Bertz CT molecular complexity index is 602. The average Bonchev–Trinajstić information content (AvgIpc) is 2.75. The minimum absolute atomic E-state index is 0.562. The summed E-state index contributed by atoms with van der Waals surface area (Å²) in [7, 11) is 1.98. The molecule has 1 aromatic carbocycles. The summed E-state index contributed by atoms with van der Waals surface area (Å²) in [5, 5.41) is 0. The molecule has 2 heterocycles. The summed E-state index contributed by atoms with van der Waals surface area (Å²) < 4.78 is 13.6. The highest BCUT2D eigenvalue weighted by Gasteiger charge is 2.28. The fourth-order valence-corrected chi connectivity index (χ4v) is 2.30. The van der Waals surface area contributed by atoms with Crippen LogP contribution in [-0.4, -0.2) is 15.3 Å². The quantitative estimate of drug-likeness (QED) is 0.831. The van der Waals surface area contributed by atoms with Crippen LogP contribution in [0.4, 0.5) is 0 Å². The van der Waals surface area contributed by atoms with E-state index in [1.165, 1.54) is 0 Å². The Balaban J connectivity index is 1.94. The highest BCUT2D eigenvalue weighted by molar-refractivity contribution is 5.44. The van der Waals surface area contributed by atoms with Gasteiger partial charge in [0.2, 0.25) is 5.79 Å². The predicted octanol–water partition coefficient (Wildman–Crippen LogP) is 2.66. The zero-order valence-electron chi connectivity index (χ0n) is 11.5. The van der Waals surface area contributed by atoms with Crippen LogP contribution >= 0.6 is 0 Å². The Hall–Kier alpha value is -1.81. The van der Waals surface area contributed by atoms with Crippen LogP contribution in [-0.2, 0) is 24.8 Å². The van der Waals surface area contributed by atoms with Crippen LogP contribution in [0.5, 0.6) is 5.75 Å². The summed E-state index contributed by atoms with van der Waals surface area (Å²) >= 11 is 0. The molecule has 1 aliphatic rings. The normalized spacial score (nSPS) is 16.8. The van der Waals surface area contributed by atoms with Gasteiger partial charge >= 0.3 is 0 Å². The Morgan fingerprint density at radius 1 is 1.37 bits per heavy atom. The first kappa shape index (κ1) is 12.2. The first-order valence-electron chi connectivity index (χ1n) is 6.44. The number of benzene rings is 1. The van der Waals surface area contributed by atoms with Crippen LogP contribution < -0.4 is 4.74 Å². The summed E-state index contributed by atoms with van der Waals surface area (Å²) in [6.45, 7) is 4.47. The number of aryl methyl sites for hydroxylation is 1. The third kappa shape index (κ3) is 2.49. The molecule has 0 saturated heterocycles. The summed E-state index contributed by atoms with van der Waals surface area (Å²) in [5.74, 6) is 0.386. The van der Waals surface area contributed by atoms with Crippen LogP contribution in [0.1, 0.15) is 30.7 Å². The minimum Gasteiger partial charge on any atom is -0.462 e. The maximum atomic E-state index is 5.97. The molecule has 4 heteroatoms. The van der Waals surface area contributed by atoms with Crippen LogP contribution in [0.25, 0.3) is 0 Å². The second-order valence-corrected chi connectivity index (χ2v) is 5.40. The predicted molar refractivity (Wildman–Crippen MR) is 72.0 cm³/mol. The lowest BCUT2D eigenvalue weighted by Crippen LogP contribution is -2.35. The molecule has 0 amide bonds. The van der Waals surface area contributed by atoms with Crippen molar-refractivity contribution in [2.75, 3.05) is 0 Å². The van der Waals surface area contributed by atoms with Crippen molar-refractivity contribution in [3.63, 3.8) is 0 Å². The highest BCUT2D eigenvalue weighted by atomic mass is 16.7. The summed E-state index contributed by atoms with van der Waals surface area (Å²) in [6.07, 6.45) is 4.63. The molecule has 0 spiro atoms. The van der Waals surface area contributed by atoms with E-state index in [2.05, 4.69) is 11.1 Å². The highest BCUT2D eigenvalue weighted by Crippen LogP contribution is 2.35. The average molecular weight is 258 g/mol. The molecule has 0 bridgehead atoms. The summed E-state index contributed by atoms with van der Waals surface area (Å²) in [5.41, 5.74) is 3.31. The van der Waals surface area contributed by atoms with E-state index in [0.717, 1.165) is 29.0 Å². The molecule has 100 valence electrons. The molecule has 1 aromatic heterocycles. The fourth-order valence-electron chi connectivity index (χ4n) is 2.30. The largest absolute Gasteiger partial charge is 0.462 e. The van der Waals surface area contributed by atoms with Crippen molar-refractivity contribution in [3.8, 4) is 5.75 Å².